The number of amides is 1. The summed E-state index contributed by atoms with van der Waals surface area (Å²) in [7, 11) is 0. The summed E-state index contributed by atoms with van der Waals surface area (Å²) in [6.07, 6.45) is 3.24. The second kappa shape index (κ2) is 6.03. The van der Waals surface area contributed by atoms with Crippen molar-refractivity contribution in [3.05, 3.63) is 59.3 Å². The normalized spacial score (nSPS) is 17.2. The molecule has 4 rings (SSSR count). The lowest BCUT2D eigenvalue weighted by Crippen LogP contribution is -2.32. The van der Waals surface area contributed by atoms with Crippen LogP contribution in [0.2, 0.25) is 0 Å². The molecule has 0 spiro atoms. The Kier molecular flexibility index (Phi) is 3.74. The number of rotatable bonds is 2. The van der Waals surface area contributed by atoms with Crippen LogP contribution >= 0.6 is 0 Å². The Balaban J connectivity index is 1.56. The smallest absolute Gasteiger partial charge is 0.272 e. The molecular weight excluding hydrogens is 286 g/mol. The van der Waals surface area contributed by atoms with E-state index >= 15 is 0 Å². The Morgan fingerprint density at radius 3 is 2.52 bits per heavy atom. The lowest BCUT2D eigenvalue weighted by Gasteiger charge is -2.30. The minimum atomic E-state index is 0.0711. The Labute approximate surface area is 136 Å². The van der Waals surface area contributed by atoms with Gasteiger partial charge in [-0.15, -0.1) is 0 Å². The zero-order chi connectivity index (χ0) is 15.6. The maximum Gasteiger partial charge on any atom is 0.272 e. The van der Waals surface area contributed by atoms with Crippen LogP contribution < -0.4 is 4.90 Å². The van der Waals surface area contributed by atoms with Crippen molar-refractivity contribution < 1.29 is 4.79 Å². The van der Waals surface area contributed by atoms with Crippen LogP contribution in [0.3, 0.4) is 0 Å². The van der Waals surface area contributed by atoms with Gasteiger partial charge in [0.1, 0.15) is 11.5 Å². The van der Waals surface area contributed by atoms with E-state index in [9.17, 15) is 4.79 Å². The van der Waals surface area contributed by atoms with Gasteiger partial charge in [-0.05, 0) is 42.5 Å². The van der Waals surface area contributed by atoms with Gasteiger partial charge in [-0.3, -0.25) is 4.79 Å². The molecule has 23 heavy (non-hydrogen) atoms. The molecule has 0 N–H and O–H groups in total. The van der Waals surface area contributed by atoms with Crippen LogP contribution in [0.1, 0.15) is 34.5 Å². The summed E-state index contributed by atoms with van der Waals surface area (Å²) in [5.74, 6) is 0.978. The molecule has 0 radical (unpaired) electrons. The summed E-state index contributed by atoms with van der Waals surface area (Å²) in [5.41, 5.74) is 3.35. The predicted molar refractivity (Wildman–Crippen MR) is 90.6 cm³/mol. The van der Waals surface area contributed by atoms with E-state index in [1.165, 1.54) is 11.1 Å². The summed E-state index contributed by atoms with van der Waals surface area (Å²) in [6, 6.07) is 14.4. The van der Waals surface area contributed by atoms with E-state index in [0.29, 0.717) is 5.69 Å². The molecular formula is C19H21N3O. The minimum absolute atomic E-state index is 0.0711. The average Bonchev–Trinajstić information content (AvgIpc) is 3.15. The number of anilines is 1. The van der Waals surface area contributed by atoms with Gasteiger partial charge in [-0.2, -0.15) is 0 Å². The number of carbonyl (C=O) groups excluding carboxylic acids is 1. The van der Waals surface area contributed by atoms with E-state index in [-0.39, 0.29) is 5.91 Å². The van der Waals surface area contributed by atoms with Crippen molar-refractivity contribution in [1.82, 2.24) is 9.88 Å². The van der Waals surface area contributed by atoms with Crippen molar-refractivity contribution in [1.29, 1.82) is 0 Å². The number of aromatic nitrogens is 1. The van der Waals surface area contributed by atoms with Gasteiger partial charge in [-0.1, -0.05) is 30.3 Å². The summed E-state index contributed by atoms with van der Waals surface area (Å²) < 4.78 is 0. The third-order valence-corrected chi connectivity index (χ3v) is 4.80. The Morgan fingerprint density at radius 1 is 0.913 bits per heavy atom. The highest BCUT2D eigenvalue weighted by atomic mass is 16.2. The molecule has 0 atom stereocenters. The van der Waals surface area contributed by atoms with Crippen molar-refractivity contribution in [2.45, 2.75) is 25.8 Å². The molecule has 2 aliphatic heterocycles. The van der Waals surface area contributed by atoms with Gasteiger partial charge in [0, 0.05) is 26.2 Å². The number of pyridine rings is 1. The number of carbonyl (C=O) groups is 1. The first-order valence-corrected chi connectivity index (χ1v) is 8.39. The van der Waals surface area contributed by atoms with E-state index < -0.39 is 0 Å². The Hall–Kier alpha value is -2.36. The standard InChI is InChI=1S/C19H21N3O/c23-19(21-11-3-4-12-21)17-8-5-9-18(20-17)22-13-10-15-6-1-2-7-16(15)14-22/h1-2,5-9H,3-4,10-14H2. The quantitative estimate of drug-likeness (QED) is 0.856. The number of hydrogen-bond acceptors (Lipinski definition) is 3. The molecule has 3 heterocycles. The van der Waals surface area contributed by atoms with Gasteiger partial charge < -0.3 is 9.80 Å². The van der Waals surface area contributed by atoms with Gasteiger partial charge in [-0.25, -0.2) is 4.98 Å². The van der Waals surface area contributed by atoms with Crippen LogP contribution in [0.15, 0.2) is 42.5 Å². The second-order valence-corrected chi connectivity index (χ2v) is 6.32. The summed E-state index contributed by atoms with van der Waals surface area (Å²) in [4.78, 5) is 21.4. The Morgan fingerprint density at radius 2 is 1.70 bits per heavy atom. The Bertz CT molecular complexity index is 722. The maximum atomic E-state index is 12.5. The summed E-state index contributed by atoms with van der Waals surface area (Å²) in [6.45, 7) is 3.54. The molecule has 0 unspecified atom stereocenters. The van der Waals surface area contributed by atoms with Crippen molar-refractivity contribution in [3.8, 4) is 0 Å². The van der Waals surface area contributed by atoms with E-state index in [1.54, 1.807) is 0 Å². The van der Waals surface area contributed by atoms with Crippen LogP contribution in [0.4, 0.5) is 5.82 Å². The third kappa shape index (κ3) is 2.81. The minimum Gasteiger partial charge on any atom is -0.352 e. The van der Waals surface area contributed by atoms with E-state index in [1.807, 2.05) is 23.1 Å². The van der Waals surface area contributed by atoms with Gasteiger partial charge >= 0.3 is 0 Å². The first-order valence-electron chi connectivity index (χ1n) is 8.39. The van der Waals surface area contributed by atoms with E-state index in [4.69, 9.17) is 0 Å². The molecule has 0 bridgehead atoms. The van der Waals surface area contributed by atoms with Crippen LogP contribution in [-0.4, -0.2) is 35.4 Å². The van der Waals surface area contributed by atoms with Gasteiger partial charge in [0.2, 0.25) is 0 Å². The van der Waals surface area contributed by atoms with Crippen LogP contribution in [0.25, 0.3) is 0 Å². The van der Waals surface area contributed by atoms with Crippen molar-refractivity contribution in [3.63, 3.8) is 0 Å². The lowest BCUT2D eigenvalue weighted by molar-refractivity contribution is 0.0787. The predicted octanol–water partition coefficient (Wildman–Crippen LogP) is 2.88. The largest absolute Gasteiger partial charge is 0.352 e. The lowest BCUT2D eigenvalue weighted by atomic mass is 10.00. The first kappa shape index (κ1) is 14.2. The molecule has 0 saturated carbocycles. The zero-order valence-electron chi connectivity index (χ0n) is 13.2. The molecule has 1 aromatic heterocycles. The SMILES string of the molecule is O=C(c1cccc(N2CCc3ccccc3C2)n1)N1CCCC1. The van der Waals surface area contributed by atoms with Crippen LogP contribution in [0, 0.1) is 0 Å². The van der Waals surface area contributed by atoms with E-state index in [2.05, 4.69) is 34.1 Å². The van der Waals surface area contributed by atoms with Crippen molar-refractivity contribution in [2.24, 2.45) is 0 Å². The highest BCUT2D eigenvalue weighted by Crippen LogP contribution is 2.23. The molecule has 1 saturated heterocycles. The molecule has 4 nitrogen and oxygen atoms in total. The highest BCUT2D eigenvalue weighted by molar-refractivity contribution is 5.92. The number of hydrogen-bond donors (Lipinski definition) is 0. The summed E-state index contributed by atoms with van der Waals surface area (Å²) in [5, 5.41) is 0. The second-order valence-electron chi connectivity index (χ2n) is 6.32. The average molecular weight is 307 g/mol. The van der Waals surface area contributed by atoms with Crippen molar-refractivity contribution >= 4 is 11.7 Å². The highest BCUT2D eigenvalue weighted by Gasteiger charge is 2.22. The maximum absolute atomic E-state index is 12.5. The molecule has 2 aliphatic rings. The molecule has 0 aliphatic carbocycles. The van der Waals surface area contributed by atoms with Crippen molar-refractivity contribution in [2.75, 3.05) is 24.5 Å². The third-order valence-electron chi connectivity index (χ3n) is 4.80. The topological polar surface area (TPSA) is 36.4 Å². The van der Waals surface area contributed by atoms with Crippen LogP contribution in [-0.2, 0) is 13.0 Å². The summed E-state index contributed by atoms with van der Waals surface area (Å²) >= 11 is 0. The van der Waals surface area contributed by atoms with Gasteiger partial charge in [0.15, 0.2) is 0 Å². The molecule has 1 amide bonds. The number of nitrogens with zero attached hydrogens (tertiary/aromatic N) is 3. The fourth-order valence-corrected chi connectivity index (χ4v) is 3.49. The molecule has 2 aromatic rings. The zero-order valence-corrected chi connectivity index (χ0v) is 13.2. The van der Waals surface area contributed by atoms with E-state index in [0.717, 1.165) is 51.3 Å². The fourth-order valence-electron chi connectivity index (χ4n) is 3.49. The van der Waals surface area contributed by atoms with Gasteiger partial charge in [0.05, 0.1) is 0 Å². The molecule has 1 fully saturated rings. The monoisotopic (exact) mass is 307 g/mol. The van der Waals surface area contributed by atoms with Gasteiger partial charge in [0.25, 0.3) is 5.91 Å². The fraction of sp³-hybridized carbons (Fsp3) is 0.368. The number of fused-ring (bicyclic) bond motifs is 1. The number of benzene rings is 1. The molecule has 118 valence electrons. The number of likely N-dealkylation sites (tertiary alicyclic amines) is 1. The first-order chi connectivity index (χ1) is 11.3. The molecule has 4 heteroatoms. The van der Waals surface area contributed by atoms with Crippen LogP contribution in [0.5, 0.6) is 0 Å². The molecule has 1 aromatic carbocycles.